The number of aromatic nitrogens is 2. The summed E-state index contributed by atoms with van der Waals surface area (Å²) in [4.78, 5) is 16.4. The molecule has 1 aliphatic heterocycles. The standard InChI is InChI=1S/C17H21N3O/c1-13-4-2-3-5-15(13)11-17(21)19-12-14-6-8-20-9-7-18-16(20)10-14/h2-5,7,9,14H,6,8,10-12H2,1H3,(H,19,21)/t14-/m1/s1. The first kappa shape index (κ1) is 13.9. The van der Waals surface area contributed by atoms with E-state index in [4.69, 9.17) is 0 Å². The maximum Gasteiger partial charge on any atom is 0.224 e. The van der Waals surface area contributed by atoms with Gasteiger partial charge in [0.25, 0.3) is 0 Å². The number of carbonyl (C=O) groups excluding carboxylic acids is 1. The zero-order chi connectivity index (χ0) is 14.7. The minimum absolute atomic E-state index is 0.109. The molecule has 2 heterocycles. The summed E-state index contributed by atoms with van der Waals surface area (Å²) in [6, 6.07) is 8.05. The van der Waals surface area contributed by atoms with Gasteiger partial charge >= 0.3 is 0 Å². The fraction of sp³-hybridized carbons (Fsp3) is 0.412. The number of amides is 1. The van der Waals surface area contributed by atoms with E-state index in [-0.39, 0.29) is 5.91 Å². The first-order valence-electron chi connectivity index (χ1n) is 7.53. The molecule has 1 N–H and O–H groups in total. The number of aryl methyl sites for hydroxylation is 2. The maximum atomic E-state index is 12.1. The highest BCUT2D eigenvalue weighted by Crippen LogP contribution is 2.18. The van der Waals surface area contributed by atoms with E-state index in [0.29, 0.717) is 12.3 Å². The zero-order valence-corrected chi connectivity index (χ0v) is 12.4. The van der Waals surface area contributed by atoms with Gasteiger partial charge in [0.15, 0.2) is 0 Å². The Morgan fingerprint density at radius 3 is 3.14 bits per heavy atom. The van der Waals surface area contributed by atoms with Crippen LogP contribution in [0.25, 0.3) is 0 Å². The van der Waals surface area contributed by atoms with Gasteiger partial charge in [0, 0.05) is 31.9 Å². The lowest BCUT2D eigenvalue weighted by Gasteiger charge is -2.23. The average molecular weight is 283 g/mol. The zero-order valence-electron chi connectivity index (χ0n) is 12.4. The van der Waals surface area contributed by atoms with Gasteiger partial charge in [-0.3, -0.25) is 4.79 Å². The molecule has 110 valence electrons. The fourth-order valence-corrected chi connectivity index (χ4v) is 2.89. The van der Waals surface area contributed by atoms with Crippen molar-refractivity contribution in [3.8, 4) is 0 Å². The summed E-state index contributed by atoms with van der Waals surface area (Å²) in [5, 5.41) is 3.08. The predicted octanol–water partition coefficient (Wildman–Crippen LogP) is 2.11. The van der Waals surface area contributed by atoms with Crippen molar-refractivity contribution >= 4 is 5.91 Å². The Hall–Kier alpha value is -2.10. The SMILES string of the molecule is Cc1ccccc1CC(=O)NC[C@@H]1CCn2ccnc2C1. The van der Waals surface area contributed by atoms with Crippen LogP contribution in [0.2, 0.25) is 0 Å². The maximum absolute atomic E-state index is 12.1. The molecule has 4 heteroatoms. The second kappa shape index (κ2) is 6.12. The van der Waals surface area contributed by atoms with Gasteiger partial charge in [-0.1, -0.05) is 24.3 Å². The second-order valence-electron chi connectivity index (χ2n) is 5.80. The Kier molecular flexibility index (Phi) is 4.04. The topological polar surface area (TPSA) is 46.9 Å². The molecule has 1 amide bonds. The summed E-state index contributed by atoms with van der Waals surface area (Å²) in [5.74, 6) is 1.75. The third kappa shape index (κ3) is 3.32. The highest BCUT2D eigenvalue weighted by Gasteiger charge is 2.19. The molecular weight excluding hydrogens is 262 g/mol. The monoisotopic (exact) mass is 283 g/mol. The number of benzene rings is 1. The van der Waals surface area contributed by atoms with Crippen LogP contribution >= 0.6 is 0 Å². The summed E-state index contributed by atoms with van der Waals surface area (Å²) >= 11 is 0. The van der Waals surface area contributed by atoms with Gasteiger partial charge in [0.05, 0.1) is 6.42 Å². The first-order valence-corrected chi connectivity index (χ1v) is 7.53. The van der Waals surface area contributed by atoms with Crippen molar-refractivity contribution in [1.29, 1.82) is 0 Å². The van der Waals surface area contributed by atoms with Crippen LogP contribution in [-0.2, 0) is 24.2 Å². The molecule has 0 bridgehead atoms. The lowest BCUT2D eigenvalue weighted by atomic mass is 9.97. The number of hydrogen-bond donors (Lipinski definition) is 1. The quantitative estimate of drug-likeness (QED) is 0.934. The summed E-state index contributed by atoms with van der Waals surface area (Å²) in [6.45, 7) is 3.80. The van der Waals surface area contributed by atoms with E-state index in [1.54, 1.807) is 0 Å². The van der Waals surface area contributed by atoms with Crippen molar-refractivity contribution in [2.75, 3.05) is 6.54 Å². The Morgan fingerprint density at radius 2 is 2.29 bits per heavy atom. The van der Waals surface area contributed by atoms with Crippen molar-refractivity contribution in [3.05, 3.63) is 53.6 Å². The van der Waals surface area contributed by atoms with E-state index < -0.39 is 0 Å². The number of imidazole rings is 1. The molecule has 21 heavy (non-hydrogen) atoms. The first-order chi connectivity index (χ1) is 10.2. The Balaban J connectivity index is 1.50. The average Bonchev–Trinajstić information content (AvgIpc) is 2.95. The van der Waals surface area contributed by atoms with Crippen molar-refractivity contribution < 1.29 is 4.79 Å². The minimum Gasteiger partial charge on any atom is -0.356 e. The Morgan fingerprint density at radius 1 is 1.43 bits per heavy atom. The van der Waals surface area contributed by atoms with E-state index in [1.165, 1.54) is 5.56 Å². The molecule has 0 saturated heterocycles. The van der Waals surface area contributed by atoms with Crippen LogP contribution in [0.4, 0.5) is 0 Å². The van der Waals surface area contributed by atoms with Gasteiger partial charge in [-0.05, 0) is 30.4 Å². The van der Waals surface area contributed by atoms with Crippen LogP contribution in [-0.4, -0.2) is 22.0 Å². The van der Waals surface area contributed by atoms with Gasteiger partial charge in [-0.25, -0.2) is 4.98 Å². The number of nitrogens with zero attached hydrogens (tertiary/aromatic N) is 2. The van der Waals surface area contributed by atoms with Crippen LogP contribution in [0, 0.1) is 12.8 Å². The summed E-state index contributed by atoms with van der Waals surface area (Å²) in [7, 11) is 0. The highest BCUT2D eigenvalue weighted by molar-refractivity contribution is 5.78. The molecule has 0 radical (unpaired) electrons. The molecule has 1 atom stereocenters. The molecule has 0 aliphatic carbocycles. The molecule has 1 aliphatic rings. The summed E-state index contributed by atoms with van der Waals surface area (Å²) in [5.41, 5.74) is 2.28. The molecule has 0 spiro atoms. The summed E-state index contributed by atoms with van der Waals surface area (Å²) in [6.07, 6.45) is 6.41. The fourth-order valence-electron chi connectivity index (χ4n) is 2.89. The number of carbonyl (C=O) groups is 1. The molecule has 3 rings (SSSR count). The lowest BCUT2D eigenvalue weighted by Crippen LogP contribution is -2.34. The number of rotatable bonds is 4. The van der Waals surface area contributed by atoms with Gasteiger partial charge in [-0.2, -0.15) is 0 Å². The van der Waals surface area contributed by atoms with Crippen LogP contribution in [0.15, 0.2) is 36.7 Å². The van der Waals surface area contributed by atoms with Gasteiger partial charge in [0.2, 0.25) is 5.91 Å². The van der Waals surface area contributed by atoms with Gasteiger partial charge in [0.1, 0.15) is 5.82 Å². The molecule has 1 aromatic carbocycles. The molecule has 2 aromatic rings. The molecular formula is C17H21N3O. The van der Waals surface area contributed by atoms with E-state index in [9.17, 15) is 4.79 Å². The molecule has 0 fully saturated rings. The van der Waals surface area contributed by atoms with Gasteiger partial charge < -0.3 is 9.88 Å². The number of hydrogen-bond acceptors (Lipinski definition) is 2. The number of nitrogens with one attached hydrogen (secondary N) is 1. The lowest BCUT2D eigenvalue weighted by molar-refractivity contribution is -0.120. The van der Waals surface area contributed by atoms with E-state index in [1.807, 2.05) is 43.6 Å². The third-order valence-corrected chi connectivity index (χ3v) is 4.25. The van der Waals surface area contributed by atoms with Crippen LogP contribution in [0.5, 0.6) is 0 Å². The molecule has 1 aromatic heterocycles. The normalized spacial score (nSPS) is 17.3. The van der Waals surface area contributed by atoms with Crippen molar-refractivity contribution in [3.63, 3.8) is 0 Å². The van der Waals surface area contributed by atoms with Crippen molar-refractivity contribution in [1.82, 2.24) is 14.9 Å². The van der Waals surface area contributed by atoms with Crippen molar-refractivity contribution in [2.24, 2.45) is 5.92 Å². The minimum atomic E-state index is 0.109. The van der Waals surface area contributed by atoms with Gasteiger partial charge in [-0.15, -0.1) is 0 Å². The van der Waals surface area contributed by atoms with E-state index in [2.05, 4.69) is 14.9 Å². The van der Waals surface area contributed by atoms with E-state index in [0.717, 1.165) is 37.3 Å². The smallest absolute Gasteiger partial charge is 0.224 e. The largest absolute Gasteiger partial charge is 0.356 e. The number of fused-ring (bicyclic) bond motifs is 1. The van der Waals surface area contributed by atoms with E-state index >= 15 is 0 Å². The Bertz CT molecular complexity index is 632. The van der Waals surface area contributed by atoms with Crippen LogP contribution in [0.1, 0.15) is 23.4 Å². The summed E-state index contributed by atoms with van der Waals surface area (Å²) < 4.78 is 2.20. The molecule has 0 unspecified atom stereocenters. The Labute approximate surface area is 125 Å². The molecule has 0 saturated carbocycles. The van der Waals surface area contributed by atoms with Crippen molar-refractivity contribution in [2.45, 2.75) is 32.7 Å². The second-order valence-corrected chi connectivity index (χ2v) is 5.80. The highest BCUT2D eigenvalue weighted by atomic mass is 16.1. The predicted molar refractivity (Wildman–Crippen MR) is 81.9 cm³/mol. The molecule has 4 nitrogen and oxygen atoms in total. The van der Waals surface area contributed by atoms with Crippen LogP contribution in [0.3, 0.4) is 0 Å². The van der Waals surface area contributed by atoms with Crippen LogP contribution < -0.4 is 5.32 Å². The third-order valence-electron chi connectivity index (χ3n) is 4.25.